The van der Waals surface area contributed by atoms with Gasteiger partial charge in [-0.3, -0.25) is 14.4 Å². The van der Waals surface area contributed by atoms with Gasteiger partial charge in [0, 0.05) is 24.2 Å². The molecule has 2 saturated heterocycles. The average Bonchev–Trinajstić information content (AvgIpc) is 2.86. The SMILES string of the molecule is CCCC(=O)CCC(=O)OC1C2OC(=O)C3CC2CC31C. The van der Waals surface area contributed by atoms with Crippen LogP contribution in [0.1, 0.15) is 52.4 Å². The molecule has 2 aliphatic heterocycles. The largest absolute Gasteiger partial charge is 0.458 e. The Bertz CT molecular complexity index is 485. The van der Waals surface area contributed by atoms with Crippen LogP contribution in [0.25, 0.3) is 0 Å². The maximum absolute atomic E-state index is 12.0. The number of carbonyl (C=O) groups excluding carboxylic acids is 3. The predicted molar refractivity (Wildman–Crippen MR) is 73.2 cm³/mol. The van der Waals surface area contributed by atoms with Crippen molar-refractivity contribution in [2.45, 2.75) is 64.6 Å². The Balaban J connectivity index is 1.58. The van der Waals surface area contributed by atoms with E-state index in [9.17, 15) is 14.4 Å². The quantitative estimate of drug-likeness (QED) is 0.701. The smallest absolute Gasteiger partial charge is 0.310 e. The van der Waals surface area contributed by atoms with E-state index in [2.05, 4.69) is 0 Å². The molecule has 4 rings (SSSR count). The van der Waals surface area contributed by atoms with E-state index in [-0.39, 0.29) is 54.1 Å². The van der Waals surface area contributed by atoms with E-state index < -0.39 is 0 Å². The van der Waals surface area contributed by atoms with Crippen molar-refractivity contribution in [1.29, 1.82) is 0 Å². The van der Waals surface area contributed by atoms with Crippen molar-refractivity contribution in [2.75, 3.05) is 0 Å². The molecule has 2 saturated carbocycles. The zero-order valence-electron chi connectivity index (χ0n) is 12.6. The molecule has 2 aliphatic carbocycles. The van der Waals surface area contributed by atoms with Crippen LogP contribution in [-0.4, -0.2) is 29.9 Å². The fourth-order valence-electron chi connectivity index (χ4n) is 4.34. The summed E-state index contributed by atoms with van der Waals surface area (Å²) in [5, 5.41) is 0. The van der Waals surface area contributed by atoms with Gasteiger partial charge >= 0.3 is 11.9 Å². The number of Topliss-reactive ketones (excluding diaryl/α,β-unsaturated/α-hetero) is 1. The number of esters is 2. The second kappa shape index (κ2) is 5.11. The van der Waals surface area contributed by atoms with Gasteiger partial charge in [0.05, 0.1) is 12.3 Å². The summed E-state index contributed by atoms with van der Waals surface area (Å²) in [6.45, 7) is 3.97. The van der Waals surface area contributed by atoms with Gasteiger partial charge in [0.25, 0.3) is 0 Å². The highest BCUT2D eigenvalue weighted by Gasteiger charge is 2.69. The van der Waals surface area contributed by atoms with Gasteiger partial charge in [-0.15, -0.1) is 0 Å². The van der Waals surface area contributed by atoms with Crippen LogP contribution in [0.4, 0.5) is 0 Å². The van der Waals surface area contributed by atoms with Gasteiger partial charge in [-0.2, -0.15) is 0 Å². The highest BCUT2D eigenvalue weighted by Crippen LogP contribution is 2.63. The molecule has 5 heteroatoms. The first-order valence-corrected chi connectivity index (χ1v) is 7.87. The van der Waals surface area contributed by atoms with Gasteiger partial charge in [0.15, 0.2) is 0 Å². The number of carbonyl (C=O) groups is 3. The van der Waals surface area contributed by atoms with Gasteiger partial charge in [0.1, 0.15) is 18.0 Å². The first-order chi connectivity index (χ1) is 9.95. The minimum Gasteiger partial charge on any atom is -0.458 e. The van der Waals surface area contributed by atoms with Gasteiger partial charge < -0.3 is 9.47 Å². The van der Waals surface area contributed by atoms with Crippen molar-refractivity contribution >= 4 is 17.7 Å². The molecule has 0 spiro atoms. The highest BCUT2D eigenvalue weighted by atomic mass is 16.6. The fraction of sp³-hybridized carbons (Fsp3) is 0.812. The lowest BCUT2D eigenvalue weighted by molar-refractivity contribution is -0.207. The fourth-order valence-corrected chi connectivity index (χ4v) is 4.34. The summed E-state index contributed by atoms with van der Waals surface area (Å²) < 4.78 is 11.0. The van der Waals surface area contributed by atoms with Crippen LogP contribution in [0.3, 0.4) is 0 Å². The first-order valence-electron chi connectivity index (χ1n) is 7.87. The van der Waals surface area contributed by atoms with Crippen LogP contribution in [-0.2, 0) is 23.9 Å². The standard InChI is InChI=1S/C16H22O5/c1-3-4-10(17)5-6-12(18)20-14-13-9-7-11(15(19)21-13)16(14,2)8-9/h9,11,13-14H,3-8H2,1-2H3. The summed E-state index contributed by atoms with van der Waals surface area (Å²) in [7, 11) is 0. The lowest BCUT2D eigenvalue weighted by Crippen LogP contribution is -2.55. The molecule has 116 valence electrons. The Hall–Kier alpha value is -1.39. The number of hydrogen-bond acceptors (Lipinski definition) is 5. The first kappa shape index (κ1) is 14.5. The van der Waals surface area contributed by atoms with Crippen LogP contribution in [0, 0.1) is 17.3 Å². The van der Waals surface area contributed by atoms with Gasteiger partial charge in [0.2, 0.25) is 0 Å². The Labute approximate surface area is 124 Å². The summed E-state index contributed by atoms with van der Waals surface area (Å²) in [4.78, 5) is 35.2. The third kappa shape index (κ3) is 2.27. The maximum Gasteiger partial charge on any atom is 0.310 e. The Morgan fingerprint density at radius 3 is 2.76 bits per heavy atom. The molecule has 0 aromatic carbocycles. The Kier molecular flexibility index (Phi) is 3.54. The summed E-state index contributed by atoms with van der Waals surface area (Å²) in [6.07, 6.45) is 2.84. The van der Waals surface area contributed by atoms with Crippen LogP contribution in [0.15, 0.2) is 0 Å². The molecular weight excluding hydrogens is 272 g/mol. The van der Waals surface area contributed by atoms with E-state index in [1.165, 1.54) is 0 Å². The molecule has 4 bridgehead atoms. The van der Waals surface area contributed by atoms with E-state index in [0.717, 1.165) is 19.3 Å². The molecule has 0 aromatic heterocycles. The molecule has 4 fully saturated rings. The molecule has 4 aliphatic rings. The normalized spacial score (nSPS) is 39.4. The second-order valence-corrected chi connectivity index (χ2v) is 6.86. The zero-order valence-corrected chi connectivity index (χ0v) is 12.6. The summed E-state index contributed by atoms with van der Waals surface area (Å²) in [6, 6.07) is 0. The molecule has 0 radical (unpaired) electrons. The summed E-state index contributed by atoms with van der Waals surface area (Å²) >= 11 is 0. The monoisotopic (exact) mass is 294 g/mol. The van der Waals surface area contributed by atoms with Crippen molar-refractivity contribution in [3.8, 4) is 0 Å². The summed E-state index contributed by atoms with van der Waals surface area (Å²) in [5.41, 5.74) is -0.270. The lowest BCUT2D eigenvalue weighted by atomic mass is 9.71. The van der Waals surface area contributed by atoms with Crippen LogP contribution >= 0.6 is 0 Å². The van der Waals surface area contributed by atoms with Crippen molar-refractivity contribution in [3.05, 3.63) is 0 Å². The summed E-state index contributed by atoms with van der Waals surface area (Å²) in [5.74, 6) is -0.188. The third-order valence-corrected chi connectivity index (χ3v) is 5.38. The van der Waals surface area contributed by atoms with Gasteiger partial charge in [-0.05, 0) is 19.3 Å². The zero-order chi connectivity index (χ0) is 15.2. The molecule has 5 unspecified atom stereocenters. The van der Waals surface area contributed by atoms with Crippen molar-refractivity contribution in [2.24, 2.45) is 17.3 Å². The van der Waals surface area contributed by atoms with Crippen LogP contribution in [0.5, 0.6) is 0 Å². The maximum atomic E-state index is 12.0. The Morgan fingerprint density at radius 2 is 2.10 bits per heavy atom. The molecule has 2 heterocycles. The molecule has 21 heavy (non-hydrogen) atoms. The number of rotatable bonds is 6. The molecule has 0 aromatic rings. The number of fused-ring (bicyclic) bond motifs is 1. The van der Waals surface area contributed by atoms with E-state index in [1.54, 1.807) is 0 Å². The number of ketones is 1. The minimum atomic E-state index is -0.347. The molecule has 5 atom stereocenters. The third-order valence-electron chi connectivity index (χ3n) is 5.38. The molecule has 0 N–H and O–H groups in total. The number of hydrogen-bond donors (Lipinski definition) is 0. The second-order valence-electron chi connectivity index (χ2n) is 6.86. The van der Waals surface area contributed by atoms with Crippen LogP contribution in [0.2, 0.25) is 0 Å². The molecule has 0 amide bonds. The van der Waals surface area contributed by atoms with Crippen molar-refractivity contribution < 1.29 is 23.9 Å². The topological polar surface area (TPSA) is 69.7 Å². The van der Waals surface area contributed by atoms with Gasteiger partial charge in [-0.1, -0.05) is 13.8 Å². The van der Waals surface area contributed by atoms with Crippen molar-refractivity contribution in [1.82, 2.24) is 0 Å². The van der Waals surface area contributed by atoms with E-state index in [4.69, 9.17) is 9.47 Å². The van der Waals surface area contributed by atoms with E-state index in [1.807, 2.05) is 13.8 Å². The Morgan fingerprint density at radius 1 is 1.33 bits per heavy atom. The molecule has 5 nitrogen and oxygen atoms in total. The average molecular weight is 294 g/mol. The van der Waals surface area contributed by atoms with E-state index in [0.29, 0.717) is 12.3 Å². The number of ether oxygens (including phenoxy) is 2. The lowest BCUT2D eigenvalue weighted by Gasteiger charge is -2.45. The predicted octanol–water partition coefficient (Wildman–Crippen LogP) is 2.02. The van der Waals surface area contributed by atoms with Crippen molar-refractivity contribution in [3.63, 3.8) is 0 Å². The van der Waals surface area contributed by atoms with Gasteiger partial charge in [-0.25, -0.2) is 0 Å². The van der Waals surface area contributed by atoms with Crippen LogP contribution < -0.4 is 0 Å². The highest BCUT2D eigenvalue weighted by molar-refractivity contribution is 5.83. The minimum absolute atomic E-state index is 0.0987. The van der Waals surface area contributed by atoms with E-state index >= 15 is 0 Å². The molecular formula is C16H22O5.